The first-order chi connectivity index (χ1) is 8.87. The molecule has 1 unspecified atom stereocenters. The Kier molecular flexibility index (Phi) is 3.43. The Labute approximate surface area is 114 Å². The molecule has 1 fully saturated rings. The average molecular weight is 263 g/mol. The van der Waals surface area contributed by atoms with Crippen LogP contribution in [-0.4, -0.2) is 31.7 Å². The molecule has 2 rings (SSSR count). The summed E-state index contributed by atoms with van der Waals surface area (Å²) in [5, 5.41) is 0. The van der Waals surface area contributed by atoms with Crippen molar-refractivity contribution in [2.45, 2.75) is 32.3 Å². The van der Waals surface area contributed by atoms with E-state index in [0.29, 0.717) is 12.5 Å². The van der Waals surface area contributed by atoms with Crippen LogP contribution in [0.15, 0.2) is 18.2 Å². The number of methoxy groups -OCH3 is 1. The van der Waals surface area contributed by atoms with Gasteiger partial charge < -0.3 is 14.4 Å². The second kappa shape index (κ2) is 4.76. The van der Waals surface area contributed by atoms with Crippen molar-refractivity contribution < 1.29 is 14.3 Å². The minimum atomic E-state index is -0.651. The van der Waals surface area contributed by atoms with Gasteiger partial charge in [-0.05, 0) is 30.5 Å². The van der Waals surface area contributed by atoms with Crippen molar-refractivity contribution in [1.82, 2.24) is 4.90 Å². The van der Waals surface area contributed by atoms with Crippen LogP contribution in [0.5, 0.6) is 5.75 Å². The highest BCUT2D eigenvalue weighted by molar-refractivity contribution is 5.71. The van der Waals surface area contributed by atoms with E-state index in [1.807, 2.05) is 13.0 Å². The van der Waals surface area contributed by atoms with Crippen LogP contribution >= 0.6 is 0 Å². The number of carbonyl (C=O) groups is 1. The SMILES string of the molecule is COc1ccc(C(C)C)cc1C1(C)CN(C)C(=O)O1. The standard InChI is InChI=1S/C15H21NO3/c1-10(2)11-6-7-13(18-5)12(8-11)15(3)9-16(4)14(17)19-15/h6-8,10H,9H2,1-5H3. The highest BCUT2D eigenvalue weighted by atomic mass is 16.6. The summed E-state index contributed by atoms with van der Waals surface area (Å²) >= 11 is 0. The molecule has 0 N–H and O–H groups in total. The number of ether oxygens (including phenoxy) is 2. The zero-order chi connectivity index (χ0) is 14.2. The molecule has 1 aliphatic rings. The number of benzene rings is 1. The molecule has 4 heteroatoms. The van der Waals surface area contributed by atoms with E-state index in [1.165, 1.54) is 5.56 Å². The van der Waals surface area contributed by atoms with Crippen LogP contribution in [0.3, 0.4) is 0 Å². The zero-order valence-corrected chi connectivity index (χ0v) is 12.2. The number of carbonyl (C=O) groups excluding carboxylic acids is 1. The summed E-state index contributed by atoms with van der Waals surface area (Å²) in [4.78, 5) is 13.2. The predicted molar refractivity (Wildman–Crippen MR) is 73.5 cm³/mol. The fourth-order valence-electron chi connectivity index (χ4n) is 2.46. The van der Waals surface area contributed by atoms with Gasteiger partial charge in [0.2, 0.25) is 0 Å². The summed E-state index contributed by atoms with van der Waals surface area (Å²) in [7, 11) is 3.38. The predicted octanol–water partition coefficient (Wildman–Crippen LogP) is 3.12. The number of rotatable bonds is 3. The van der Waals surface area contributed by atoms with Gasteiger partial charge in [0.05, 0.1) is 13.7 Å². The fraction of sp³-hybridized carbons (Fsp3) is 0.533. The quantitative estimate of drug-likeness (QED) is 0.841. The molecule has 0 spiro atoms. The molecule has 19 heavy (non-hydrogen) atoms. The summed E-state index contributed by atoms with van der Waals surface area (Å²) in [6, 6.07) is 6.08. The lowest BCUT2D eigenvalue weighted by Gasteiger charge is -2.25. The molecular weight excluding hydrogens is 242 g/mol. The average Bonchev–Trinajstić information content (AvgIpc) is 2.63. The topological polar surface area (TPSA) is 38.8 Å². The summed E-state index contributed by atoms with van der Waals surface area (Å²) < 4.78 is 10.9. The van der Waals surface area contributed by atoms with Gasteiger partial charge in [-0.15, -0.1) is 0 Å². The van der Waals surface area contributed by atoms with Crippen molar-refractivity contribution in [3.63, 3.8) is 0 Å². The minimum Gasteiger partial charge on any atom is -0.496 e. The van der Waals surface area contributed by atoms with Crippen LogP contribution in [0, 0.1) is 0 Å². The van der Waals surface area contributed by atoms with E-state index in [-0.39, 0.29) is 6.09 Å². The summed E-state index contributed by atoms with van der Waals surface area (Å²) in [5.74, 6) is 1.18. The van der Waals surface area contributed by atoms with Gasteiger partial charge >= 0.3 is 6.09 Å². The smallest absolute Gasteiger partial charge is 0.410 e. The maximum absolute atomic E-state index is 11.6. The molecule has 0 radical (unpaired) electrons. The maximum atomic E-state index is 11.6. The second-order valence-corrected chi connectivity index (χ2v) is 5.57. The number of likely N-dealkylation sites (N-methyl/N-ethyl adjacent to an activating group) is 1. The van der Waals surface area contributed by atoms with Crippen LogP contribution in [0.25, 0.3) is 0 Å². The Hall–Kier alpha value is -1.71. The highest BCUT2D eigenvalue weighted by Crippen LogP contribution is 2.39. The summed E-state index contributed by atoms with van der Waals surface area (Å²) in [5.41, 5.74) is 1.49. The van der Waals surface area contributed by atoms with Gasteiger partial charge in [0.1, 0.15) is 5.75 Å². The summed E-state index contributed by atoms with van der Waals surface area (Å²) in [6.45, 7) is 6.74. The Morgan fingerprint density at radius 2 is 2.11 bits per heavy atom. The zero-order valence-electron chi connectivity index (χ0n) is 12.2. The number of cyclic esters (lactones) is 1. The van der Waals surface area contributed by atoms with Gasteiger partial charge in [-0.2, -0.15) is 0 Å². The molecule has 0 saturated carbocycles. The Balaban J connectivity index is 2.48. The third-order valence-electron chi connectivity index (χ3n) is 3.62. The van der Waals surface area contributed by atoms with Crippen LogP contribution in [0.2, 0.25) is 0 Å². The molecular formula is C15H21NO3. The first-order valence-electron chi connectivity index (χ1n) is 6.50. The van der Waals surface area contributed by atoms with Crippen LogP contribution in [0.4, 0.5) is 4.79 Å². The van der Waals surface area contributed by atoms with Crippen molar-refractivity contribution in [2.75, 3.05) is 20.7 Å². The van der Waals surface area contributed by atoms with E-state index in [4.69, 9.17) is 9.47 Å². The van der Waals surface area contributed by atoms with Crippen LogP contribution in [0.1, 0.15) is 37.8 Å². The fourth-order valence-corrected chi connectivity index (χ4v) is 2.46. The van der Waals surface area contributed by atoms with Crippen molar-refractivity contribution in [3.8, 4) is 5.75 Å². The van der Waals surface area contributed by atoms with E-state index in [2.05, 4.69) is 26.0 Å². The first kappa shape index (κ1) is 13.7. The lowest BCUT2D eigenvalue weighted by atomic mass is 9.90. The largest absolute Gasteiger partial charge is 0.496 e. The van der Waals surface area contributed by atoms with Gasteiger partial charge in [-0.3, -0.25) is 0 Å². The molecule has 1 heterocycles. The molecule has 1 aliphatic heterocycles. The van der Waals surface area contributed by atoms with Crippen molar-refractivity contribution in [3.05, 3.63) is 29.3 Å². The third-order valence-corrected chi connectivity index (χ3v) is 3.62. The monoisotopic (exact) mass is 263 g/mol. The maximum Gasteiger partial charge on any atom is 0.410 e. The minimum absolute atomic E-state index is 0.292. The second-order valence-electron chi connectivity index (χ2n) is 5.57. The molecule has 0 aliphatic carbocycles. The number of hydrogen-bond donors (Lipinski definition) is 0. The Morgan fingerprint density at radius 3 is 2.58 bits per heavy atom. The van der Waals surface area contributed by atoms with Crippen LogP contribution < -0.4 is 4.74 Å². The van der Waals surface area contributed by atoms with Crippen molar-refractivity contribution in [2.24, 2.45) is 0 Å². The molecule has 4 nitrogen and oxygen atoms in total. The molecule has 1 amide bonds. The Bertz CT molecular complexity index is 498. The number of hydrogen-bond acceptors (Lipinski definition) is 3. The highest BCUT2D eigenvalue weighted by Gasteiger charge is 2.43. The molecule has 1 aromatic carbocycles. The van der Waals surface area contributed by atoms with Gasteiger partial charge in [0.15, 0.2) is 5.60 Å². The molecule has 1 saturated heterocycles. The van der Waals surface area contributed by atoms with E-state index >= 15 is 0 Å². The number of nitrogens with zero attached hydrogens (tertiary/aromatic N) is 1. The third kappa shape index (κ3) is 2.39. The van der Waals surface area contributed by atoms with Gasteiger partial charge in [-0.25, -0.2) is 4.79 Å². The van der Waals surface area contributed by atoms with Crippen molar-refractivity contribution in [1.29, 1.82) is 0 Å². The first-order valence-corrected chi connectivity index (χ1v) is 6.50. The van der Waals surface area contributed by atoms with E-state index < -0.39 is 5.60 Å². The normalized spacial score (nSPS) is 22.8. The van der Waals surface area contributed by atoms with Crippen molar-refractivity contribution >= 4 is 6.09 Å². The molecule has 0 bridgehead atoms. The molecule has 104 valence electrons. The van der Waals surface area contributed by atoms with Gasteiger partial charge in [0, 0.05) is 12.6 Å². The van der Waals surface area contributed by atoms with Gasteiger partial charge in [-0.1, -0.05) is 19.9 Å². The van der Waals surface area contributed by atoms with Crippen LogP contribution in [-0.2, 0) is 10.3 Å². The van der Waals surface area contributed by atoms with E-state index in [0.717, 1.165) is 11.3 Å². The van der Waals surface area contributed by atoms with E-state index in [9.17, 15) is 4.79 Å². The molecule has 1 aromatic rings. The van der Waals surface area contributed by atoms with Gasteiger partial charge in [0.25, 0.3) is 0 Å². The lowest BCUT2D eigenvalue weighted by Crippen LogP contribution is -2.28. The molecule has 1 atom stereocenters. The molecule has 0 aromatic heterocycles. The Morgan fingerprint density at radius 1 is 1.42 bits per heavy atom. The summed E-state index contributed by atoms with van der Waals surface area (Å²) in [6.07, 6.45) is -0.292. The lowest BCUT2D eigenvalue weighted by molar-refractivity contribution is 0.0680. The number of amides is 1. The van der Waals surface area contributed by atoms with E-state index in [1.54, 1.807) is 19.1 Å².